The maximum absolute atomic E-state index is 11.1. The van der Waals surface area contributed by atoms with E-state index >= 15 is 0 Å². The van der Waals surface area contributed by atoms with Crippen LogP contribution in [0.1, 0.15) is 24.4 Å². The van der Waals surface area contributed by atoms with Gasteiger partial charge in [0.25, 0.3) is 0 Å². The van der Waals surface area contributed by atoms with Gasteiger partial charge in [0.05, 0.1) is 25.5 Å². The second-order valence-corrected chi connectivity index (χ2v) is 8.03. The van der Waals surface area contributed by atoms with Gasteiger partial charge in [-0.25, -0.2) is 19.4 Å². The van der Waals surface area contributed by atoms with Crippen LogP contribution in [0.25, 0.3) is 0 Å². The molecule has 1 atom stereocenters. The molecule has 1 fully saturated rings. The molecule has 0 spiro atoms. The molecule has 0 radical (unpaired) electrons. The number of H-pyrrole nitrogens is 1. The highest BCUT2D eigenvalue weighted by molar-refractivity contribution is 5.96. The number of carbonyl (C=O) groups is 3. The molecule has 6 amide bonds. The van der Waals surface area contributed by atoms with Crippen LogP contribution in [0.3, 0.4) is 0 Å². The van der Waals surface area contributed by atoms with Gasteiger partial charge in [0.1, 0.15) is 11.6 Å². The molecule has 2 aromatic heterocycles. The minimum atomic E-state index is -0.412. The van der Waals surface area contributed by atoms with Crippen molar-refractivity contribution in [1.82, 2.24) is 41.9 Å². The van der Waals surface area contributed by atoms with Gasteiger partial charge >= 0.3 is 18.1 Å². The molecular formula is C23H40N14O5. The van der Waals surface area contributed by atoms with Gasteiger partial charge in [-0.3, -0.25) is 30.9 Å². The van der Waals surface area contributed by atoms with Crippen LogP contribution in [0.4, 0.5) is 14.4 Å². The summed E-state index contributed by atoms with van der Waals surface area (Å²) in [4.78, 5) is 50.8. The Hall–Kier alpha value is -5.33. The minimum Gasteiger partial charge on any atom is -0.467 e. The van der Waals surface area contributed by atoms with Crippen LogP contribution in [0.2, 0.25) is 0 Å². The summed E-state index contributed by atoms with van der Waals surface area (Å²) in [6, 6.07) is 2.34. The normalized spacial score (nSPS) is 14.7. The Morgan fingerprint density at radius 3 is 1.95 bits per heavy atom. The first-order chi connectivity index (χ1) is 20.2. The van der Waals surface area contributed by atoms with Crippen LogP contribution >= 0.6 is 0 Å². The summed E-state index contributed by atoms with van der Waals surface area (Å²) < 4.78 is 10.3. The second kappa shape index (κ2) is 20.6. The van der Waals surface area contributed by atoms with Crippen molar-refractivity contribution in [2.24, 2.45) is 32.2 Å². The van der Waals surface area contributed by atoms with Gasteiger partial charge in [-0.2, -0.15) is 0 Å². The first-order valence-corrected chi connectivity index (χ1v) is 12.6. The van der Waals surface area contributed by atoms with Crippen LogP contribution in [0, 0.1) is 0 Å². The molecule has 3 rings (SSSR count). The number of nitrogens with one attached hydrogen (secondary N) is 7. The number of furan rings is 1. The number of carbonyl (C=O) groups excluding carboxylic acids is 3. The summed E-state index contributed by atoms with van der Waals surface area (Å²) in [6.45, 7) is 1.93. The highest BCUT2D eigenvalue weighted by Gasteiger charge is 2.16. The van der Waals surface area contributed by atoms with E-state index in [0.29, 0.717) is 31.2 Å². The second-order valence-electron chi connectivity index (χ2n) is 8.03. The number of hydrogen-bond acceptors (Lipinski definition) is 9. The Morgan fingerprint density at radius 2 is 1.50 bits per heavy atom. The molecule has 0 bridgehead atoms. The molecule has 13 N–H and O–H groups in total. The lowest BCUT2D eigenvalue weighted by Gasteiger charge is -2.10. The minimum absolute atomic E-state index is 0.0712. The van der Waals surface area contributed by atoms with Crippen LogP contribution < -0.4 is 49.1 Å². The van der Waals surface area contributed by atoms with Gasteiger partial charge in [0, 0.05) is 46.7 Å². The zero-order chi connectivity index (χ0) is 31.2. The van der Waals surface area contributed by atoms with Crippen molar-refractivity contribution >= 4 is 36.0 Å². The van der Waals surface area contributed by atoms with E-state index in [0.717, 1.165) is 19.4 Å². The van der Waals surface area contributed by atoms with Crippen LogP contribution in [-0.2, 0) is 17.8 Å². The topological polar surface area (TPSA) is 290 Å². The molecule has 232 valence electrons. The van der Waals surface area contributed by atoms with Crippen LogP contribution in [0.15, 0.2) is 50.2 Å². The lowest BCUT2D eigenvalue weighted by Crippen LogP contribution is -2.45. The average Bonchev–Trinajstić information content (AvgIpc) is 3.79. The first kappa shape index (κ1) is 34.7. The van der Waals surface area contributed by atoms with Gasteiger partial charge in [0.2, 0.25) is 0 Å². The molecule has 1 aliphatic heterocycles. The number of nitrogens with zero attached hydrogens (tertiary/aromatic N) is 4. The molecule has 42 heavy (non-hydrogen) atoms. The molecule has 2 aromatic rings. The summed E-state index contributed by atoms with van der Waals surface area (Å²) in [5.74, 6) is 1.60. The number of guanidine groups is 3. The number of hydrogen-bond donors (Lipinski definition) is 10. The number of aromatic amines is 1. The lowest BCUT2D eigenvalue weighted by atomic mass is 10.2. The number of aromatic nitrogens is 2. The fraction of sp³-hybridized carbons (Fsp3) is 0.435. The Balaban J connectivity index is 0.000000315. The largest absolute Gasteiger partial charge is 0.467 e. The van der Waals surface area contributed by atoms with Crippen molar-refractivity contribution in [1.29, 1.82) is 0 Å². The summed E-state index contributed by atoms with van der Waals surface area (Å²) in [7, 11) is 4.49. The monoisotopic (exact) mass is 592 g/mol. The molecule has 0 saturated carbocycles. The number of amides is 6. The van der Waals surface area contributed by atoms with Crippen LogP contribution in [-0.4, -0.2) is 86.3 Å². The molecule has 0 aromatic carbocycles. The van der Waals surface area contributed by atoms with Crippen molar-refractivity contribution in [3.8, 4) is 0 Å². The number of urea groups is 3. The molecule has 1 aliphatic rings. The van der Waals surface area contributed by atoms with E-state index in [1.54, 1.807) is 24.5 Å². The van der Waals surface area contributed by atoms with Crippen LogP contribution in [0.5, 0.6) is 0 Å². The number of ether oxygens (including phenoxy) is 1. The fourth-order valence-corrected chi connectivity index (χ4v) is 2.80. The third-order valence-electron chi connectivity index (χ3n) is 4.94. The molecule has 0 aliphatic carbocycles. The Kier molecular flexibility index (Phi) is 17.0. The SMILES string of the molecule is CN=C(N)NC(=O)NCC1CCCO1.CN=C(N)NC(=O)NCc1ccco1.CN=C(N)NC(=O)NCc1ncc[nH]1. The lowest BCUT2D eigenvalue weighted by molar-refractivity contribution is 0.111. The third-order valence-corrected chi connectivity index (χ3v) is 4.94. The molecule has 3 heterocycles. The molecule has 19 heteroatoms. The van der Waals surface area contributed by atoms with Gasteiger partial charge in [-0.15, -0.1) is 0 Å². The van der Waals surface area contributed by atoms with E-state index in [-0.39, 0.29) is 30.0 Å². The van der Waals surface area contributed by atoms with E-state index in [4.69, 9.17) is 26.4 Å². The number of nitrogens with two attached hydrogens (primary N) is 3. The van der Waals surface area contributed by atoms with Crippen molar-refractivity contribution in [3.05, 3.63) is 42.4 Å². The van der Waals surface area contributed by atoms with Crippen molar-refractivity contribution in [2.75, 3.05) is 34.3 Å². The Morgan fingerprint density at radius 1 is 0.929 bits per heavy atom. The van der Waals surface area contributed by atoms with E-state index in [2.05, 4.69) is 56.8 Å². The van der Waals surface area contributed by atoms with E-state index in [9.17, 15) is 14.4 Å². The van der Waals surface area contributed by atoms with E-state index < -0.39 is 12.1 Å². The van der Waals surface area contributed by atoms with E-state index in [1.165, 1.54) is 27.4 Å². The zero-order valence-electron chi connectivity index (χ0n) is 23.8. The van der Waals surface area contributed by atoms with Gasteiger partial charge in [-0.1, -0.05) is 0 Å². The third kappa shape index (κ3) is 16.6. The standard InChI is InChI=1S/C8H16N4O2.C8H12N4O2.C7H12N6O/c2*1-10-7(9)12-8(13)11-5-6-3-2-4-14-6;1-9-6(8)13-7(14)12-4-5-10-2-3-11-5/h6H,2-5H2,1H3,(H4,9,10,11,12,13);2-4H,5H2,1H3,(H4,9,10,11,12,13);2-3H,4H2,1H3,(H,10,11)(H4,8,9,12,13,14). The summed E-state index contributed by atoms with van der Waals surface area (Å²) >= 11 is 0. The van der Waals surface area contributed by atoms with Gasteiger partial charge < -0.3 is 47.3 Å². The highest BCUT2D eigenvalue weighted by Crippen LogP contribution is 2.10. The first-order valence-electron chi connectivity index (χ1n) is 12.6. The number of rotatable bonds is 6. The summed E-state index contributed by atoms with van der Waals surface area (Å²) in [5.41, 5.74) is 15.9. The molecule has 19 nitrogen and oxygen atoms in total. The molecule has 1 saturated heterocycles. The number of imidazole rings is 1. The van der Waals surface area contributed by atoms with Gasteiger partial charge in [0.15, 0.2) is 17.9 Å². The van der Waals surface area contributed by atoms with E-state index in [1.807, 2.05) is 0 Å². The zero-order valence-corrected chi connectivity index (χ0v) is 23.8. The van der Waals surface area contributed by atoms with Crippen molar-refractivity contribution < 1.29 is 23.5 Å². The van der Waals surface area contributed by atoms with Gasteiger partial charge in [-0.05, 0) is 25.0 Å². The maximum atomic E-state index is 11.1. The number of aliphatic imine (C=N–C) groups is 3. The quantitative estimate of drug-likeness (QED) is 0.139. The predicted octanol–water partition coefficient (Wildman–Crippen LogP) is -1.41. The van der Waals surface area contributed by atoms with Crippen molar-refractivity contribution in [3.63, 3.8) is 0 Å². The maximum Gasteiger partial charge on any atom is 0.321 e. The smallest absolute Gasteiger partial charge is 0.321 e. The summed E-state index contributed by atoms with van der Waals surface area (Å²) in [5, 5.41) is 14.8. The highest BCUT2D eigenvalue weighted by atomic mass is 16.5. The predicted molar refractivity (Wildman–Crippen MR) is 156 cm³/mol. The molecular weight excluding hydrogens is 552 g/mol. The Bertz CT molecular complexity index is 1080. The Labute approximate surface area is 242 Å². The molecule has 1 unspecified atom stereocenters. The average molecular weight is 593 g/mol. The summed E-state index contributed by atoms with van der Waals surface area (Å²) in [6.07, 6.45) is 7.02. The fourth-order valence-electron chi connectivity index (χ4n) is 2.80. The van der Waals surface area contributed by atoms with Crippen molar-refractivity contribution in [2.45, 2.75) is 32.0 Å².